The van der Waals surface area contributed by atoms with Crippen LogP contribution in [0.5, 0.6) is 0 Å². The van der Waals surface area contributed by atoms with Crippen molar-refractivity contribution in [2.75, 3.05) is 6.61 Å². The lowest BCUT2D eigenvalue weighted by molar-refractivity contribution is -0.247. The van der Waals surface area contributed by atoms with Crippen LogP contribution in [-0.4, -0.2) is 59.6 Å². The van der Waals surface area contributed by atoms with Gasteiger partial charge in [-0.05, 0) is 77.1 Å². The first kappa shape index (κ1) is 41.3. The first-order valence-electron chi connectivity index (χ1n) is 18.6. The molecule has 6 atom stereocenters. The molecule has 1 fully saturated rings. The SMILES string of the molecule is Cc1ccc(C(C)(C)C)cc1SC1O[C@H]([C@@H](COC(=O)c2ccccc2)OCc2ccccc2)[C@@H](OCc2ccc(Br)cc2)[C@H](OC(=O)c2ccccc2)[C@@H]1O. The molecule has 0 amide bonds. The standard InChI is InChI=1S/C46H47BrO8S/c1-30-20-23-35(46(2,3)4)26-38(30)56-45-39(48)41(54-44(50)34-18-12-7-13-19-34)42(52-28-32-21-24-36(47)25-22-32)40(55-45)37(51-27-31-14-8-5-9-15-31)29-53-43(49)33-16-10-6-11-17-33/h5-26,37,39-42,45,48H,27-29H2,1-4H3/t37-,39+,40-,41-,42-,45?/m1/s1. The highest BCUT2D eigenvalue weighted by Gasteiger charge is 2.52. The van der Waals surface area contributed by atoms with Crippen molar-refractivity contribution in [3.05, 3.63) is 171 Å². The van der Waals surface area contributed by atoms with E-state index < -0.39 is 47.9 Å². The van der Waals surface area contributed by atoms with Crippen LogP contribution in [0.1, 0.15) is 63.7 Å². The number of benzene rings is 5. The van der Waals surface area contributed by atoms with Gasteiger partial charge in [0.15, 0.2) is 6.10 Å². The molecule has 1 aliphatic heterocycles. The lowest BCUT2D eigenvalue weighted by Crippen LogP contribution is -2.62. The normalized spacial score (nSPS) is 20.2. The molecule has 0 aromatic heterocycles. The lowest BCUT2D eigenvalue weighted by Gasteiger charge is -2.46. The highest BCUT2D eigenvalue weighted by Crippen LogP contribution is 2.40. The Kier molecular flexibility index (Phi) is 14.2. The second kappa shape index (κ2) is 19.2. The molecular weight excluding hydrogens is 792 g/mol. The van der Waals surface area contributed by atoms with E-state index in [4.69, 9.17) is 23.7 Å². The molecule has 1 aliphatic rings. The van der Waals surface area contributed by atoms with E-state index in [1.807, 2.05) is 73.7 Å². The molecule has 1 saturated heterocycles. The summed E-state index contributed by atoms with van der Waals surface area (Å²) in [6.45, 7) is 8.49. The van der Waals surface area contributed by atoms with Crippen LogP contribution in [0.15, 0.2) is 143 Å². The van der Waals surface area contributed by atoms with Gasteiger partial charge in [0.1, 0.15) is 36.5 Å². The Morgan fingerprint density at radius 1 is 0.768 bits per heavy atom. The number of ether oxygens (including phenoxy) is 5. The predicted molar refractivity (Wildman–Crippen MR) is 221 cm³/mol. The van der Waals surface area contributed by atoms with Crippen molar-refractivity contribution in [1.82, 2.24) is 0 Å². The third-order valence-electron chi connectivity index (χ3n) is 9.52. The molecule has 292 valence electrons. The minimum atomic E-state index is -1.34. The second-order valence-corrected chi connectivity index (χ2v) is 16.8. The Hall–Kier alpha value is -4.29. The van der Waals surface area contributed by atoms with Gasteiger partial charge in [0.25, 0.3) is 0 Å². The summed E-state index contributed by atoms with van der Waals surface area (Å²) in [6.07, 6.45) is -5.52. The summed E-state index contributed by atoms with van der Waals surface area (Å²) in [5.74, 6) is -1.16. The molecule has 10 heteroatoms. The number of hydrogen-bond donors (Lipinski definition) is 1. The summed E-state index contributed by atoms with van der Waals surface area (Å²) in [5.41, 5.74) is 3.48. The Bertz CT molecular complexity index is 2020. The van der Waals surface area contributed by atoms with Gasteiger partial charge in [-0.25, -0.2) is 9.59 Å². The van der Waals surface area contributed by atoms with Gasteiger partial charge < -0.3 is 28.8 Å². The van der Waals surface area contributed by atoms with E-state index in [1.165, 1.54) is 11.8 Å². The molecule has 0 bridgehead atoms. The summed E-state index contributed by atoms with van der Waals surface area (Å²) in [7, 11) is 0. The minimum Gasteiger partial charge on any atom is -0.459 e. The van der Waals surface area contributed by atoms with Crippen LogP contribution >= 0.6 is 27.7 Å². The first-order valence-corrected chi connectivity index (χ1v) is 20.2. The molecule has 1 unspecified atom stereocenters. The third-order valence-corrected chi connectivity index (χ3v) is 11.4. The number of aliphatic hydroxyl groups is 1. The topological polar surface area (TPSA) is 101 Å². The van der Waals surface area contributed by atoms with Gasteiger partial charge in [0.05, 0.1) is 24.3 Å². The van der Waals surface area contributed by atoms with Crippen LogP contribution in [0.3, 0.4) is 0 Å². The van der Waals surface area contributed by atoms with Crippen LogP contribution in [0.2, 0.25) is 0 Å². The van der Waals surface area contributed by atoms with E-state index in [1.54, 1.807) is 48.5 Å². The number of carbonyl (C=O) groups excluding carboxylic acids is 2. The number of rotatable bonds is 14. The molecule has 1 N–H and O–H groups in total. The molecule has 0 saturated carbocycles. The number of thioether (sulfide) groups is 1. The van der Waals surface area contributed by atoms with E-state index in [9.17, 15) is 14.7 Å². The van der Waals surface area contributed by atoms with Gasteiger partial charge in [-0.3, -0.25) is 0 Å². The zero-order chi connectivity index (χ0) is 39.7. The quantitative estimate of drug-likeness (QED) is 0.110. The number of carbonyl (C=O) groups is 2. The monoisotopic (exact) mass is 838 g/mol. The summed E-state index contributed by atoms with van der Waals surface area (Å²) in [6, 6.07) is 40.9. The molecular formula is C46H47BrO8S. The number of hydrogen-bond acceptors (Lipinski definition) is 9. The molecule has 8 nitrogen and oxygen atoms in total. The van der Waals surface area contributed by atoms with E-state index in [-0.39, 0.29) is 25.2 Å². The van der Waals surface area contributed by atoms with Gasteiger partial charge in [-0.15, -0.1) is 0 Å². The zero-order valence-corrected chi connectivity index (χ0v) is 34.3. The average molecular weight is 840 g/mol. The fourth-order valence-corrected chi connectivity index (χ4v) is 7.70. The van der Waals surface area contributed by atoms with Crippen molar-refractivity contribution in [1.29, 1.82) is 0 Å². The zero-order valence-electron chi connectivity index (χ0n) is 31.9. The highest BCUT2D eigenvalue weighted by molar-refractivity contribution is 9.10. The van der Waals surface area contributed by atoms with Crippen molar-refractivity contribution < 1.29 is 38.4 Å². The summed E-state index contributed by atoms with van der Waals surface area (Å²) in [5, 5.41) is 12.2. The van der Waals surface area contributed by atoms with Crippen molar-refractivity contribution >= 4 is 39.6 Å². The van der Waals surface area contributed by atoms with Crippen LogP contribution in [0, 0.1) is 6.92 Å². The van der Waals surface area contributed by atoms with Crippen molar-refractivity contribution in [2.45, 2.75) is 87.2 Å². The molecule has 5 aromatic rings. The van der Waals surface area contributed by atoms with Crippen molar-refractivity contribution in [3.8, 4) is 0 Å². The fraction of sp³-hybridized carbons (Fsp3) is 0.304. The molecule has 0 radical (unpaired) electrons. The molecule has 1 heterocycles. The van der Waals surface area contributed by atoms with Crippen LogP contribution in [0.25, 0.3) is 0 Å². The Labute approximate surface area is 341 Å². The van der Waals surface area contributed by atoms with Crippen LogP contribution < -0.4 is 0 Å². The third kappa shape index (κ3) is 11.0. The predicted octanol–water partition coefficient (Wildman–Crippen LogP) is 9.49. The minimum absolute atomic E-state index is 0.101. The number of esters is 2. The maximum Gasteiger partial charge on any atom is 0.338 e. The van der Waals surface area contributed by atoms with Crippen molar-refractivity contribution in [2.24, 2.45) is 0 Å². The lowest BCUT2D eigenvalue weighted by atomic mass is 9.87. The molecule has 0 spiro atoms. The van der Waals surface area contributed by atoms with Gasteiger partial charge in [-0.2, -0.15) is 0 Å². The van der Waals surface area contributed by atoms with E-state index >= 15 is 0 Å². The van der Waals surface area contributed by atoms with Gasteiger partial charge in [0.2, 0.25) is 0 Å². The first-order chi connectivity index (χ1) is 27.0. The highest BCUT2D eigenvalue weighted by atomic mass is 79.9. The summed E-state index contributed by atoms with van der Waals surface area (Å²) >= 11 is 4.84. The maximum absolute atomic E-state index is 13.8. The van der Waals surface area contributed by atoms with E-state index in [2.05, 4.69) is 54.9 Å². The Morgan fingerprint density at radius 3 is 1.98 bits per heavy atom. The smallest absolute Gasteiger partial charge is 0.338 e. The number of aryl methyl sites for hydroxylation is 1. The van der Waals surface area contributed by atoms with Gasteiger partial charge >= 0.3 is 11.9 Å². The number of aliphatic hydroxyl groups excluding tert-OH is 1. The molecule has 5 aromatic carbocycles. The van der Waals surface area contributed by atoms with E-state index in [0.717, 1.165) is 31.6 Å². The van der Waals surface area contributed by atoms with E-state index in [0.29, 0.717) is 11.1 Å². The summed E-state index contributed by atoms with van der Waals surface area (Å²) < 4.78 is 33.2. The number of halogens is 1. The molecule has 0 aliphatic carbocycles. The van der Waals surface area contributed by atoms with Crippen molar-refractivity contribution in [3.63, 3.8) is 0 Å². The van der Waals surface area contributed by atoms with Crippen LogP contribution in [0.4, 0.5) is 0 Å². The van der Waals surface area contributed by atoms with Crippen LogP contribution in [-0.2, 0) is 42.3 Å². The molecule has 6 rings (SSSR count). The fourth-order valence-electron chi connectivity index (χ4n) is 6.26. The summed E-state index contributed by atoms with van der Waals surface area (Å²) in [4.78, 5) is 28.0. The largest absolute Gasteiger partial charge is 0.459 e. The van der Waals surface area contributed by atoms with Gasteiger partial charge in [0, 0.05) is 9.37 Å². The second-order valence-electron chi connectivity index (χ2n) is 14.7. The Morgan fingerprint density at radius 2 is 1.36 bits per heavy atom. The van der Waals surface area contributed by atoms with Gasteiger partial charge in [-0.1, -0.05) is 139 Å². The average Bonchev–Trinajstić information content (AvgIpc) is 3.21. The Balaban J connectivity index is 1.40. The molecule has 56 heavy (non-hydrogen) atoms. The maximum atomic E-state index is 13.8.